The monoisotopic (exact) mass is 306 g/mol. The maximum Gasteiger partial charge on any atom is 0.0863 e. The maximum atomic E-state index is 6.63. The fraction of sp³-hybridized carbons (Fsp3) is 0.125. The van der Waals surface area contributed by atoms with Crippen LogP contribution < -0.4 is 0 Å². The second kappa shape index (κ2) is 5.16. The number of hydrogen-bond acceptors (Lipinski definition) is 1. The first-order valence-electron chi connectivity index (χ1n) is 6.03. The molecule has 0 aliphatic carbocycles. The summed E-state index contributed by atoms with van der Waals surface area (Å²) in [4.78, 5) is 0. The Labute approximate surface area is 126 Å². The summed E-state index contributed by atoms with van der Waals surface area (Å²) >= 11 is 14.7. The number of aryl methyl sites for hydroxylation is 1. The Morgan fingerprint density at radius 1 is 1.05 bits per heavy atom. The van der Waals surface area contributed by atoms with Gasteiger partial charge in [-0.25, -0.2) is 0 Å². The normalized spacial score (nSPS) is 12.8. The van der Waals surface area contributed by atoms with Gasteiger partial charge in [0.25, 0.3) is 0 Å². The lowest BCUT2D eigenvalue weighted by molar-refractivity contribution is 1.16. The van der Waals surface area contributed by atoms with Crippen molar-refractivity contribution in [3.05, 3.63) is 69.6 Å². The van der Waals surface area contributed by atoms with E-state index in [4.69, 9.17) is 23.2 Å². The fourth-order valence-corrected chi connectivity index (χ4v) is 4.03. The molecule has 0 aliphatic heterocycles. The second-order valence-corrected chi connectivity index (χ2v) is 6.33. The Bertz CT molecular complexity index is 730. The largest absolute Gasteiger partial charge is 0.143 e. The number of halogens is 2. The highest BCUT2D eigenvalue weighted by Gasteiger charge is 2.17. The predicted molar refractivity (Wildman–Crippen MR) is 85.7 cm³/mol. The van der Waals surface area contributed by atoms with Gasteiger partial charge in [-0.15, -0.1) is 22.9 Å². The molecule has 3 rings (SSSR count). The summed E-state index contributed by atoms with van der Waals surface area (Å²) in [6.07, 6.45) is 0. The summed E-state index contributed by atoms with van der Waals surface area (Å²) in [5.74, 6) is 0. The number of benzene rings is 2. The second-order valence-electron chi connectivity index (χ2n) is 4.57. The van der Waals surface area contributed by atoms with Crippen LogP contribution in [0.25, 0.3) is 10.1 Å². The number of thiophene rings is 1. The van der Waals surface area contributed by atoms with Gasteiger partial charge in [-0.2, -0.15) is 0 Å². The molecule has 0 spiro atoms. The lowest BCUT2D eigenvalue weighted by Gasteiger charge is -2.12. The van der Waals surface area contributed by atoms with Gasteiger partial charge in [-0.05, 0) is 46.5 Å². The van der Waals surface area contributed by atoms with Gasteiger partial charge in [0.05, 0.1) is 5.38 Å². The van der Waals surface area contributed by atoms with Crippen LogP contribution in [0.5, 0.6) is 0 Å². The average molecular weight is 307 g/mol. The van der Waals surface area contributed by atoms with E-state index in [9.17, 15) is 0 Å². The lowest BCUT2D eigenvalue weighted by Crippen LogP contribution is -1.93. The number of alkyl halides is 1. The zero-order valence-electron chi connectivity index (χ0n) is 10.4. The van der Waals surface area contributed by atoms with Crippen LogP contribution in [0, 0.1) is 6.92 Å². The third-order valence-electron chi connectivity index (χ3n) is 3.21. The van der Waals surface area contributed by atoms with E-state index in [0.29, 0.717) is 0 Å². The molecule has 1 aromatic heterocycles. The Morgan fingerprint density at radius 2 is 1.84 bits per heavy atom. The summed E-state index contributed by atoms with van der Waals surface area (Å²) in [6.45, 7) is 2.03. The minimum absolute atomic E-state index is 0.204. The molecule has 19 heavy (non-hydrogen) atoms. The molecule has 0 aliphatic rings. The Hall–Kier alpha value is -1.02. The quantitative estimate of drug-likeness (QED) is 0.495. The average Bonchev–Trinajstić information content (AvgIpc) is 2.82. The van der Waals surface area contributed by atoms with E-state index in [1.807, 2.05) is 37.3 Å². The van der Waals surface area contributed by atoms with Crippen LogP contribution in [0.15, 0.2) is 47.8 Å². The zero-order chi connectivity index (χ0) is 13.4. The third kappa shape index (κ3) is 2.38. The van der Waals surface area contributed by atoms with Crippen molar-refractivity contribution in [3.63, 3.8) is 0 Å². The van der Waals surface area contributed by atoms with E-state index >= 15 is 0 Å². The van der Waals surface area contributed by atoms with Crippen molar-refractivity contribution in [3.8, 4) is 0 Å². The smallest absolute Gasteiger partial charge is 0.0863 e. The van der Waals surface area contributed by atoms with E-state index in [1.165, 1.54) is 10.1 Å². The van der Waals surface area contributed by atoms with Gasteiger partial charge in [0.2, 0.25) is 0 Å². The Kier molecular flexibility index (Phi) is 3.53. The van der Waals surface area contributed by atoms with Gasteiger partial charge >= 0.3 is 0 Å². The van der Waals surface area contributed by atoms with Gasteiger partial charge in [0.15, 0.2) is 0 Å². The summed E-state index contributed by atoms with van der Waals surface area (Å²) in [5.41, 5.74) is 3.25. The van der Waals surface area contributed by atoms with Crippen molar-refractivity contribution >= 4 is 44.6 Å². The van der Waals surface area contributed by atoms with Crippen molar-refractivity contribution < 1.29 is 0 Å². The van der Waals surface area contributed by atoms with Crippen LogP contribution in [0.2, 0.25) is 5.02 Å². The zero-order valence-corrected chi connectivity index (χ0v) is 12.7. The van der Waals surface area contributed by atoms with Crippen LogP contribution in [0.3, 0.4) is 0 Å². The van der Waals surface area contributed by atoms with Crippen molar-refractivity contribution in [1.82, 2.24) is 0 Å². The van der Waals surface area contributed by atoms with Crippen molar-refractivity contribution in [2.75, 3.05) is 0 Å². The lowest BCUT2D eigenvalue weighted by atomic mass is 10.0. The van der Waals surface area contributed by atoms with Crippen LogP contribution >= 0.6 is 34.5 Å². The molecular weight excluding hydrogens is 295 g/mol. The van der Waals surface area contributed by atoms with Crippen molar-refractivity contribution in [2.24, 2.45) is 0 Å². The SMILES string of the molecule is Cc1ccc(C(Cl)c2csc3ccccc23)c(Cl)c1. The molecular formula is C16H12Cl2S. The summed E-state index contributed by atoms with van der Waals surface area (Å²) < 4.78 is 1.26. The van der Waals surface area contributed by atoms with Crippen molar-refractivity contribution in [2.45, 2.75) is 12.3 Å². The highest BCUT2D eigenvalue weighted by Crippen LogP contribution is 2.39. The van der Waals surface area contributed by atoms with E-state index < -0.39 is 0 Å². The van der Waals surface area contributed by atoms with Gasteiger partial charge in [-0.3, -0.25) is 0 Å². The molecule has 1 atom stereocenters. The minimum Gasteiger partial charge on any atom is -0.143 e. The molecule has 0 nitrogen and oxygen atoms in total. The molecule has 96 valence electrons. The summed E-state index contributed by atoms with van der Waals surface area (Å²) in [5, 5.41) is 3.86. The highest BCUT2D eigenvalue weighted by atomic mass is 35.5. The van der Waals surface area contributed by atoms with Gasteiger partial charge in [0, 0.05) is 9.72 Å². The Balaban J connectivity index is 2.10. The third-order valence-corrected chi connectivity index (χ3v) is 4.99. The summed E-state index contributed by atoms with van der Waals surface area (Å²) in [6, 6.07) is 14.3. The number of rotatable bonds is 2. The van der Waals surface area contributed by atoms with Gasteiger partial charge < -0.3 is 0 Å². The van der Waals surface area contributed by atoms with E-state index in [1.54, 1.807) is 11.3 Å². The molecule has 0 saturated heterocycles. The van der Waals surface area contributed by atoms with Crippen LogP contribution in [-0.4, -0.2) is 0 Å². The van der Waals surface area contributed by atoms with Crippen molar-refractivity contribution in [1.29, 1.82) is 0 Å². The number of fused-ring (bicyclic) bond motifs is 1. The first-order valence-corrected chi connectivity index (χ1v) is 7.72. The molecule has 0 bridgehead atoms. The Morgan fingerprint density at radius 3 is 2.63 bits per heavy atom. The molecule has 0 N–H and O–H groups in total. The van der Waals surface area contributed by atoms with Gasteiger partial charge in [0.1, 0.15) is 0 Å². The van der Waals surface area contributed by atoms with Crippen LogP contribution in [0.4, 0.5) is 0 Å². The first kappa shape index (κ1) is 13.0. The van der Waals surface area contributed by atoms with E-state index in [-0.39, 0.29) is 5.38 Å². The molecule has 0 fully saturated rings. The predicted octanol–water partition coefficient (Wildman–Crippen LogP) is 6.19. The minimum atomic E-state index is -0.204. The topological polar surface area (TPSA) is 0 Å². The molecule has 2 aromatic carbocycles. The number of hydrogen-bond donors (Lipinski definition) is 0. The molecule has 0 saturated carbocycles. The van der Waals surface area contributed by atoms with Crippen LogP contribution in [-0.2, 0) is 0 Å². The molecule has 1 unspecified atom stereocenters. The van der Waals surface area contributed by atoms with E-state index in [2.05, 4.69) is 17.5 Å². The summed E-state index contributed by atoms with van der Waals surface area (Å²) in [7, 11) is 0. The van der Waals surface area contributed by atoms with Gasteiger partial charge in [-0.1, -0.05) is 41.9 Å². The standard InChI is InChI=1S/C16H12Cl2S/c1-10-6-7-12(14(17)8-10)16(18)13-9-19-15-5-3-2-4-11(13)15/h2-9,16H,1H3. The van der Waals surface area contributed by atoms with E-state index in [0.717, 1.165) is 21.7 Å². The molecule has 1 heterocycles. The van der Waals surface area contributed by atoms with Crippen LogP contribution in [0.1, 0.15) is 22.1 Å². The molecule has 0 radical (unpaired) electrons. The molecule has 3 aromatic rings. The first-order chi connectivity index (χ1) is 9.16. The maximum absolute atomic E-state index is 6.63. The molecule has 0 amide bonds. The fourth-order valence-electron chi connectivity index (χ4n) is 2.20. The molecule has 3 heteroatoms. The highest BCUT2D eigenvalue weighted by molar-refractivity contribution is 7.17.